The van der Waals surface area contributed by atoms with Gasteiger partial charge in [-0.05, 0) is 38.2 Å². The summed E-state index contributed by atoms with van der Waals surface area (Å²) in [6.07, 6.45) is 4.21. The first-order valence-corrected chi connectivity index (χ1v) is 12.9. The molecule has 0 spiro atoms. The van der Waals surface area contributed by atoms with Gasteiger partial charge in [0.1, 0.15) is 12.1 Å². The van der Waals surface area contributed by atoms with E-state index >= 15 is 0 Å². The lowest BCUT2D eigenvalue weighted by atomic mass is 10.1. The number of aromatic amines is 1. The van der Waals surface area contributed by atoms with Gasteiger partial charge in [-0.25, -0.2) is 9.78 Å². The number of aliphatic imine (C=N–C) groups is 1. The maximum atomic E-state index is 13.1. The molecule has 0 saturated heterocycles. The molecule has 12 N–H and O–H groups in total. The van der Waals surface area contributed by atoms with Crippen LogP contribution in [0.3, 0.4) is 0 Å². The van der Waals surface area contributed by atoms with Gasteiger partial charge in [-0.1, -0.05) is 0 Å². The SMILES string of the molecule is CSCCC(NC(=O)C(N)Cc1cnc[nH]1)C(=O)NC(CCCN=C(N)N)C(=O)NC(C(=O)O)C(C)O. The molecule has 16 heteroatoms. The molecule has 0 aliphatic heterocycles. The number of aliphatic carboxylic acids is 1. The van der Waals surface area contributed by atoms with E-state index in [-0.39, 0.29) is 38.2 Å². The van der Waals surface area contributed by atoms with Gasteiger partial charge in [0, 0.05) is 24.9 Å². The molecule has 1 heterocycles. The summed E-state index contributed by atoms with van der Waals surface area (Å²) in [4.78, 5) is 60.6. The van der Waals surface area contributed by atoms with Crippen LogP contribution in [0.5, 0.6) is 0 Å². The molecular formula is C21H37N9O6S. The van der Waals surface area contributed by atoms with Crippen molar-refractivity contribution in [3.63, 3.8) is 0 Å². The highest BCUT2D eigenvalue weighted by atomic mass is 32.2. The lowest BCUT2D eigenvalue weighted by Gasteiger charge is -2.25. The van der Waals surface area contributed by atoms with Crippen LogP contribution in [0.25, 0.3) is 0 Å². The third kappa shape index (κ3) is 11.9. The number of carboxylic acids is 1. The molecule has 0 radical (unpaired) electrons. The lowest BCUT2D eigenvalue weighted by Crippen LogP contribution is -2.58. The molecule has 208 valence electrons. The van der Waals surface area contributed by atoms with E-state index in [9.17, 15) is 29.4 Å². The number of hydrogen-bond acceptors (Lipinski definition) is 9. The summed E-state index contributed by atoms with van der Waals surface area (Å²) in [6.45, 7) is 1.38. The van der Waals surface area contributed by atoms with Crippen LogP contribution < -0.4 is 33.2 Å². The Bertz CT molecular complexity index is 908. The van der Waals surface area contributed by atoms with Gasteiger partial charge in [-0.3, -0.25) is 19.4 Å². The van der Waals surface area contributed by atoms with Crippen molar-refractivity contribution in [2.75, 3.05) is 18.6 Å². The van der Waals surface area contributed by atoms with Gasteiger partial charge in [0.05, 0.1) is 18.5 Å². The molecule has 37 heavy (non-hydrogen) atoms. The first kappa shape index (κ1) is 31.7. The van der Waals surface area contributed by atoms with E-state index in [0.717, 1.165) is 0 Å². The van der Waals surface area contributed by atoms with E-state index < -0.39 is 54.0 Å². The number of rotatable bonds is 17. The van der Waals surface area contributed by atoms with Crippen molar-refractivity contribution in [1.29, 1.82) is 0 Å². The summed E-state index contributed by atoms with van der Waals surface area (Å²) in [5, 5.41) is 26.4. The van der Waals surface area contributed by atoms with Gasteiger partial charge >= 0.3 is 5.97 Å². The second-order valence-corrected chi connectivity index (χ2v) is 9.29. The molecule has 1 aromatic rings. The quantitative estimate of drug-likeness (QED) is 0.0543. The van der Waals surface area contributed by atoms with Crippen LogP contribution in [0.4, 0.5) is 0 Å². The molecule has 15 nitrogen and oxygen atoms in total. The highest BCUT2D eigenvalue weighted by molar-refractivity contribution is 7.98. The van der Waals surface area contributed by atoms with E-state index in [0.29, 0.717) is 11.4 Å². The zero-order chi connectivity index (χ0) is 28.0. The maximum Gasteiger partial charge on any atom is 0.328 e. The highest BCUT2D eigenvalue weighted by Gasteiger charge is 2.31. The summed E-state index contributed by atoms with van der Waals surface area (Å²) in [5.41, 5.74) is 17.2. The number of imidazole rings is 1. The molecule has 0 saturated carbocycles. The molecule has 0 aromatic carbocycles. The molecule has 0 fully saturated rings. The number of thioether (sulfide) groups is 1. The lowest BCUT2D eigenvalue weighted by molar-refractivity contribution is -0.145. The monoisotopic (exact) mass is 543 g/mol. The van der Waals surface area contributed by atoms with Crippen LogP contribution in [-0.4, -0.2) is 98.7 Å². The first-order valence-electron chi connectivity index (χ1n) is 11.5. The van der Waals surface area contributed by atoms with Crippen molar-refractivity contribution in [3.8, 4) is 0 Å². The number of nitrogens with one attached hydrogen (secondary N) is 4. The number of carbonyl (C=O) groups excluding carboxylic acids is 3. The van der Waals surface area contributed by atoms with E-state index in [1.807, 2.05) is 6.26 Å². The topological polar surface area (TPSA) is 264 Å². The fraction of sp³-hybridized carbons (Fsp3) is 0.619. The number of aliphatic hydroxyl groups is 1. The van der Waals surface area contributed by atoms with Crippen molar-refractivity contribution in [2.45, 2.75) is 62.9 Å². The molecule has 1 rings (SSSR count). The Hall–Kier alpha value is -3.37. The minimum atomic E-state index is -1.59. The molecule has 5 atom stereocenters. The largest absolute Gasteiger partial charge is 0.480 e. The number of aliphatic hydroxyl groups excluding tert-OH is 1. The normalized spacial score (nSPS) is 14.9. The average molecular weight is 544 g/mol. The summed E-state index contributed by atoms with van der Waals surface area (Å²) < 4.78 is 0. The third-order valence-corrected chi connectivity index (χ3v) is 5.84. The fourth-order valence-corrected chi connectivity index (χ4v) is 3.67. The van der Waals surface area contributed by atoms with E-state index in [1.165, 1.54) is 31.2 Å². The van der Waals surface area contributed by atoms with Crippen molar-refractivity contribution in [1.82, 2.24) is 25.9 Å². The van der Waals surface area contributed by atoms with Crippen LogP contribution in [0, 0.1) is 0 Å². The fourth-order valence-electron chi connectivity index (χ4n) is 3.20. The number of nitrogens with two attached hydrogens (primary N) is 3. The number of hydrogen-bond donors (Lipinski definition) is 9. The standard InChI is InChI=1S/C21H37N9O6S/c1-11(31)16(20(35)36)30-19(34)14(4-3-6-26-21(23)24)29-18(33)15(5-7-37-2)28-17(32)13(22)8-12-9-25-10-27-12/h9-11,13-16,31H,3-8,22H2,1-2H3,(H,25,27)(H,28,32)(H,29,33)(H,30,34)(H,35,36)(H4,23,24,26). The Balaban J connectivity index is 2.97. The average Bonchev–Trinajstić information content (AvgIpc) is 3.33. The number of carboxylic acid groups (broad SMARTS) is 1. The highest BCUT2D eigenvalue weighted by Crippen LogP contribution is 2.06. The van der Waals surface area contributed by atoms with Crippen LogP contribution in [-0.2, 0) is 25.6 Å². The number of guanidine groups is 1. The predicted octanol–water partition coefficient (Wildman–Crippen LogP) is -2.99. The van der Waals surface area contributed by atoms with E-state index in [4.69, 9.17) is 17.2 Å². The van der Waals surface area contributed by atoms with Gasteiger partial charge in [-0.2, -0.15) is 11.8 Å². The van der Waals surface area contributed by atoms with Crippen molar-refractivity contribution < 1.29 is 29.4 Å². The molecule has 0 bridgehead atoms. The van der Waals surface area contributed by atoms with E-state index in [1.54, 1.807) is 0 Å². The summed E-state index contributed by atoms with van der Waals surface area (Å²) in [6, 6.07) is -4.73. The minimum Gasteiger partial charge on any atom is -0.480 e. The Morgan fingerprint density at radius 2 is 1.73 bits per heavy atom. The smallest absolute Gasteiger partial charge is 0.328 e. The van der Waals surface area contributed by atoms with Crippen molar-refractivity contribution >= 4 is 41.4 Å². The Labute approximate surface area is 218 Å². The van der Waals surface area contributed by atoms with Crippen LogP contribution in [0.1, 0.15) is 31.9 Å². The molecule has 0 aliphatic carbocycles. The zero-order valence-corrected chi connectivity index (χ0v) is 21.7. The summed E-state index contributed by atoms with van der Waals surface area (Å²) in [7, 11) is 0. The zero-order valence-electron chi connectivity index (χ0n) is 20.8. The first-order chi connectivity index (χ1) is 17.5. The van der Waals surface area contributed by atoms with Crippen molar-refractivity contribution in [3.05, 3.63) is 18.2 Å². The summed E-state index contributed by atoms with van der Waals surface area (Å²) >= 11 is 1.46. The molecule has 0 aliphatic rings. The van der Waals surface area contributed by atoms with Crippen LogP contribution in [0.2, 0.25) is 0 Å². The number of H-pyrrole nitrogens is 1. The second kappa shape index (κ2) is 16.4. The number of nitrogens with zero attached hydrogens (tertiary/aromatic N) is 2. The Kier molecular flexibility index (Phi) is 14.0. The minimum absolute atomic E-state index is 0.0586. The molecule has 1 aromatic heterocycles. The Morgan fingerprint density at radius 3 is 2.27 bits per heavy atom. The van der Waals surface area contributed by atoms with Gasteiger partial charge < -0.3 is 48.3 Å². The second-order valence-electron chi connectivity index (χ2n) is 8.31. The number of aromatic nitrogens is 2. The third-order valence-electron chi connectivity index (χ3n) is 5.20. The van der Waals surface area contributed by atoms with Gasteiger partial charge in [0.15, 0.2) is 12.0 Å². The van der Waals surface area contributed by atoms with Gasteiger partial charge in [0.2, 0.25) is 17.7 Å². The molecule has 5 unspecified atom stereocenters. The van der Waals surface area contributed by atoms with Gasteiger partial charge in [0.25, 0.3) is 0 Å². The maximum absolute atomic E-state index is 13.1. The molecule has 3 amide bonds. The summed E-state index contributed by atoms with van der Waals surface area (Å²) in [5.74, 6) is -3.09. The van der Waals surface area contributed by atoms with Crippen LogP contribution in [0.15, 0.2) is 17.5 Å². The van der Waals surface area contributed by atoms with E-state index in [2.05, 4.69) is 30.9 Å². The molecular weight excluding hydrogens is 506 g/mol. The van der Waals surface area contributed by atoms with Crippen molar-refractivity contribution in [2.24, 2.45) is 22.2 Å². The number of carbonyl (C=O) groups is 4. The van der Waals surface area contributed by atoms with Gasteiger partial charge in [-0.15, -0.1) is 0 Å². The predicted molar refractivity (Wildman–Crippen MR) is 138 cm³/mol. The Morgan fingerprint density at radius 1 is 1.11 bits per heavy atom. The van der Waals surface area contributed by atoms with Crippen LogP contribution >= 0.6 is 11.8 Å². The number of amides is 3.